The van der Waals surface area contributed by atoms with E-state index in [1.165, 1.54) is 5.56 Å². The number of rotatable bonds is 9. The lowest BCUT2D eigenvalue weighted by Gasteiger charge is -2.34. The second-order valence-corrected chi connectivity index (χ2v) is 11.7. The molecule has 3 amide bonds. The summed E-state index contributed by atoms with van der Waals surface area (Å²) in [5.74, 6) is -1.05. The minimum atomic E-state index is -1.31. The molecule has 1 heterocycles. The Morgan fingerprint density at radius 3 is 2.18 bits per heavy atom. The number of urea groups is 1. The summed E-state index contributed by atoms with van der Waals surface area (Å²) < 4.78 is 5.87. The van der Waals surface area contributed by atoms with Crippen LogP contribution in [0, 0.1) is 18.3 Å². The molecule has 5 rings (SSSR count). The number of carbonyl (C=O) groups excluding carboxylic acids is 3. The van der Waals surface area contributed by atoms with Crippen LogP contribution in [0.4, 0.5) is 10.5 Å². The number of nitrogens with zero attached hydrogens (tertiary/aromatic N) is 3. The summed E-state index contributed by atoms with van der Waals surface area (Å²) in [7, 11) is 0. The molecule has 2 N–H and O–H groups in total. The number of hydrogen-bond acceptors (Lipinski definition) is 6. The number of nitriles is 1. The third-order valence-electron chi connectivity index (χ3n) is 8.42. The molecule has 9 heteroatoms. The highest BCUT2D eigenvalue weighted by Crippen LogP contribution is 2.34. The zero-order valence-electron chi connectivity index (χ0n) is 25.1. The van der Waals surface area contributed by atoms with Crippen molar-refractivity contribution in [3.63, 3.8) is 0 Å². The van der Waals surface area contributed by atoms with E-state index in [4.69, 9.17) is 4.74 Å². The predicted molar refractivity (Wildman–Crippen MR) is 168 cm³/mol. The number of amides is 3. The van der Waals surface area contributed by atoms with Crippen molar-refractivity contribution in [1.29, 1.82) is 5.26 Å². The van der Waals surface area contributed by atoms with Crippen LogP contribution < -0.4 is 10.6 Å². The van der Waals surface area contributed by atoms with E-state index in [0.29, 0.717) is 38.0 Å². The molecule has 0 aromatic heterocycles. The van der Waals surface area contributed by atoms with Crippen LogP contribution in [-0.4, -0.2) is 65.5 Å². The predicted octanol–water partition coefficient (Wildman–Crippen LogP) is 5.07. The monoisotopic (exact) mass is 593 g/mol. The average Bonchev–Trinajstić information content (AvgIpc) is 3.52. The van der Waals surface area contributed by atoms with Crippen LogP contribution >= 0.6 is 0 Å². The molecule has 1 aliphatic carbocycles. The molecule has 44 heavy (non-hydrogen) atoms. The largest absolute Gasteiger partial charge is 0.445 e. The number of aryl methyl sites for hydroxylation is 1. The average molecular weight is 594 g/mol. The van der Waals surface area contributed by atoms with Gasteiger partial charge in [0.05, 0.1) is 11.6 Å². The smallest absolute Gasteiger partial charge is 0.339 e. The summed E-state index contributed by atoms with van der Waals surface area (Å²) in [5, 5.41) is 15.4. The zero-order chi connectivity index (χ0) is 30.9. The molecular formula is C35H39N5O4. The first-order chi connectivity index (χ1) is 21.3. The Hall–Kier alpha value is -4.68. The molecular weight excluding hydrogens is 554 g/mol. The molecule has 228 valence electrons. The Labute approximate surface area is 258 Å². The van der Waals surface area contributed by atoms with Crippen LogP contribution in [0.1, 0.15) is 52.7 Å². The molecule has 3 aromatic carbocycles. The maximum absolute atomic E-state index is 13.4. The molecule has 1 saturated carbocycles. The standard InChI is InChI=1S/C35H39N5O4/c1-26-9-11-27(12-10-26)23-31(24-36)37-33(42)35(17-5-6-18-35)44-32(41)29-13-15-30(16-14-29)38-34(43)40-21-19-39(20-22-40)25-28-7-3-2-4-8-28/h2-4,7-16,31H,5-6,17-23,25H2,1H3,(H,37,42)(H,38,43). The van der Waals surface area contributed by atoms with E-state index in [9.17, 15) is 19.6 Å². The number of piperazine rings is 1. The topological polar surface area (TPSA) is 115 Å². The van der Waals surface area contributed by atoms with Gasteiger partial charge in [-0.15, -0.1) is 0 Å². The zero-order valence-corrected chi connectivity index (χ0v) is 25.1. The van der Waals surface area contributed by atoms with Crippen LogP contribution in [0.15, 0.2) is 78.9 Å². The van der Waals surface area contributed by atoms with E-state index in [2.05, 4.69) is 33.7 Å². The van der Waals surface area contributed by atoms with E-state index >= 15 is 0 Å². The minimum Gasteiger partial charge on any atom is -0.445 e. The van der Waals surface area contributed by atoms with E-state index in [0.717, 1.165) is 43.6 Å². The fraction of sp³-hybridized carbons (Fsp3) is 0.371. The van der Waals surface area contributed by atoms with Crippen molar-refractivity contribution < 1.29 is 19.1 Å². The van der Waals surface area contributed by atoms with Crippen LogP contribution in [-0.2, 0) is 22.5 Å². The second kappa shape index (κ2) is 14.2. The van der Waals surface area contributed by atoms with Crippen LogP contribution in [0.2, 0.25) is 0 Å². The molecule has 1 atom stereocenters. The van der Waals surface area contributed by atoms with Gasteiger partial charge in [0.2, 0.25) is 0 Å². The van der Waals surface area contributed by atoms with Gasteiger partial charge in [0.25, 0.3) is 5.91 Å². The number of esters is 1. The number of carbonyl (C=O) groups is 3. The quantitative estimate of drug-likeness (QED) is 0.335. The van der Waals surface area contributed by atoms with Gasteiger partial charge in [-0.1, -0.05) is 60.2 Å². The number of benzene rings is 3. The van der Waals surface area contributed by atoms with Crippen LogP contribution in [0.3, 0.4) is 0 Å². The summed E-state index contributed by atoms with van der Waals surface area (Å²) in [5.41, 5.74) is 2.86. The molecule has 2 aliphatic rings. The fourth-order valence-electron chi connectivity index (χ4n) is 5.78. The van der Waals surface area contributed by atoms with Crippen LogP contribution in [0.5, 0.6) is 0 Å². The van der Waals surface area contributed by atoms with Gasteiger partial charge in [0.1, 0.15) is 6.04 Å². The maximum Gasteiger partial charge on any atom is 0.339 e. The highest BCUT2D eigenvalue weighted by Gasteiger charge is 2.45. The Morgan fingerprint density at radius 1 is 0.886 bits per heavy atom. The Balaban J connectivity index is 1.13. The first-order valence-corrected chi connectivity index (χ1v) is 15.3. The molecule has 9 nitrogen and oxygen atoms in total. The lowest BCUT2D eigenvalue weighted by atomic mass is 9.98. The SMILES string of the molecule is Cc1ccc(CC(C#N)NC(=O)C2(OC(=O)c3ccc(NC(=O)N4CCN(Cc5ccccc5)CC4)cc3)CCCC2)cc1. The molecule has 2 fully saturated rings. The third-order valence-corrected chi connectivity index (χ3v) is 8.42. The molecule has 0 radical (unpaired) electrons. The molecule has 3 aromatic rings. The van der Waals surface area contributed by atoms with Crippen molar-refractivity contribution in [3.05, 3.63) is 101 Å². The van der Waals surface area contributed by atoms with Gasteiger partial charge in [-0.2, -0.15) is 5.26 Å². The number of nitrogens with one attached hydrogen (secondary N) is 2. The van der Waals surface area contributed by atoms with Crippen molar-refractivity contribution in [2.24, 2.45) is 0 Å². The van der Waals surface area contributed by atoms with Crippen molar-refractivity contribution in [3.8, 4) is 6.07 Å². The van der Waals surface area contributed by atoms with Crippen molar-refractivity contribution in [2.75, 3.05) is 31.5 Å². The van der Waals surface area contributed by atoms with E-state index < -0.39 is 23.5 Å². The summed E-state index contributed by atoms with van der Waals surface area (Å²) in [6.45, 7) is 5.71. The van der Waals surface area contributed by atoms with Crippen molar-refractivity contribution in [2.45, 2.75) is 57.2 Å². The van der Waals surface area contributed by atoms with Crippen molar-refractivity contribution >= 4 is 23.6 Å². The minimum absolute atomic E-state index is 0.182. The van der Waals surface area contributed by atoms with Gasteiger partial charge >= 0.3 is 12.0 Å². The van der Waals surface area contributed by atoms with Gasteiger partial charge < -0.3 is 20.3 Å². The highest BCUT2D eigenvalue weighted by atomic mass is 16.6. The van der Waals surface area contributed by atoms with Gasteiger partial charge in [-0.25, -0.2) is 9.59 Å². The molecule has 0 bridgehead atoms. The van der Waals surface area contributed by atoms with Crippen molar-refractivity contribution in [1.82, 2.24) is 15.1 Å². The molecule has 1 aliphatic heterocycles. The second-order valence-electron chi connectivity index (χ2n) is 11.7. The highest BCUT2D eigenvalue weighted by molar-refractivity contribution is 5.95. The van der Waals surface area contributed by atoms with Gasteiger partial charge in [-0.3, -0.25) is 9.69 Å². The normalized spacial score (nSPS) is 16.9. The van der Waals surface area contributed by atoms with Gasteiger partial charge in [0, 0.05) is 44.8 Å². The number of anilines is 1. The fourth-order valence-corrected chi connectivity index (χ4v) is 5.78. The number of hydrogen-bond donors (Lipinski definition) is 2. The Kier molecular flexibility index (Phi) is 9.93. The van der Waals surface area contributed by atoms with Gasteiger partial charge in [0.15, 0.2) is 5.60 Å². The van der Waals surface area contributed by atoms with E-state index in [1.807, 2.05) is 49.4 Å². The van der Waals surface area contributed by atoms with Crippen LogP contribution in [0.25, 0.3) is 0 Å². The van der Waals surface area contributed by atoms with E-state index in [1.54, 1.807) is 29.2 Å². The molecule has 1 unspecified atom stereocenters. The first-order valence-electron chi connectivity index (χ1n) is 15.3. The summed E-state index contributed by atoms with van der Waals surface area (Å²) in [6, 6.07) is 25.9. The summed E-state index contributed by atoms with van der Waals surface area (Å²) in [4.78, 5) is 43.6. The first kappa shape index (κ1) is 30.8. The Bertz CT molecular complexity index is 1470. The lowest BCUT2D eigenvalue weighted by Crippen LogP contribution is -2.51. The third kappa shape index (κ3) is 7.82. The summed E-state index contributed by atoms with van der Waals surface area (Å²) >= 11 is 0. The van der Waals surface area contributed by atoms with Gasteiger partial charge in [-0.05, 0) is 68.0 Å². The molecule has 1 saturated heterocycles. The maximum atomic E-state index is 13.4. The van der Waals surface area contributed by atoms with E-state index in [-0.39, 0.29) is 11.6 Å². The Morgan fingerprint density at radius 2 is 1.55 bits per heavy atom. The molecule has 0 spiro atoms. The number of ether oxygens (including phenoxy) is 1. The lowest BCUT2D eigenvalue weighted by molar-refractivity contribution is -0.140. The summed E-state index contributed by atoms with van der Waals surface area (Å²) in [6.07, 6.45) is 2.67.